The minimum Gasteiger partial charge on any atom is -0.342 e. The zero-order valence-corrected chi connectivity index (χ0v) is 12.0. The standard InChI is InChI=1S/C16H17ClN2O/c17-9-13-8-16(20)19(11-13)6-5-12-7-14-3-1-2-4-15(14)18-10-12/h1-4,7,10,13H,5-6,8-9,11H2. The summed E-state index contributed by atoms with van der Waals surface area (Å²) in [6.45, 7) is 1.55. The summed E-state index contributed by atoms with van der Waals surface area (Å²) in [5, 5.41) is 1.15. The second kappa shape index (κ2) is 5.80. The lowest BCUT2D eigenvalue weighted by Gasteiger charge is -2.16. The van der Waals surface area contributed by atoms with E-state index in [1.807, 2.05) is 29.3 Å². The van der Waals surface area contributed by atoms with E-state index in [1.54, 1.807) is 0 Å². The van der Waals surface area contributed by atoms with Gasteiger partial charge in [0.1, 0.15) is 0 Å². The molecule has 3 nitrogen and oxygen atoms in total. The van der Waals surface area contributed by atoms with E-state index >= 15 is 0 Å². The van der Waals surface area contributed by atoms with Gasteiger partial charge in [-0.05, 0) is 30.0 Å². The van der Waals surface area contributed by atoms with Crippen molar-refractivity contribution in [3.8, 4) is 0 Å². The Balaban J connectivity index is 1.66. The molecule has 1 fully saturated rings. The van der Waals surface area contributed by atoms with Crippen LogP contribution >= 0.6 is 11.6 Å². The van der Waals surface area contributed by atoms with Gasteiger partial charge in [-0.2, -0.15) is 0 Å². The normalized spacial score (nSPS) is 18.9. The van der Waals surface area contributed by atoms with E-state index in [0.717, 1.165) is 30.4 Å². The number of pyridine rings is 1. The number of hydrogen-bond acceptors (Lipinski definition) is 2. The highest BCUT2D eigenvalue weighted by atomic mass is 35.5. The van der Waals surface area contributed by atoms with Crippen molar-refractivity contribution in [3.05, 3.63) is 42.1 Å². The van der Waals surface area contributed by atoms with Crippen LogP contribution in [0.5, 0.6) is 0 Å². The maximum absolute atomic E-state index is 11.8. The molecule has 104 valence electrons. The number of alkyl halides is 1. The van der Waals surface area contributed by atoms with Gasteiger partial charge in [-0.3, -0.25) is 9.78 Å². The second-order valence-electron chi connectivity index (χ2n) is 5.35. The summed E-state index contributed by atoms with van der Waals surface area (Å²) in [4.78, 5) is 18.2. The number of carbonyl (C=O) groups is 1. The molecular weight excluding hydrogens is 272 g/mol. The first-order valence-electron chi connectivity index (χ1n) is 6.93. The molecule has 0 aliphatic carbocycles. The highest BCUT2D eigenvalue weighted by Crippen LogP contribution is 2.20. The molecule has 1 amide bonds. The second-order valence-corrected chi connectivity index (χ2v) is 5.66. The quantitative estimate of drug-likeness (QED) is 0.811. The minimum absolute atomic E-state index is 0.226. The van der Waals surface area contributed by atoms with Gasteiger partial charge in [0, 0.05) is 37.0 Å². The molecule has 2 aromatic rings. The Morgan fingerprint density at radius 2 is 2.20 bits per heavy atom. The molecule has 20 heavy (non-hydrogen) atoms. The zero-order chi connectivity index (χ0) is 13.9. The average molecular weight is 289 g/mol. The van der Waals surface area contributed by atoms with Gasteiger partial charge in [0.2, 0.25) is 5.91 Å². The Morgan fingerprint density at radius 1 is 1.35 bits per heavy atom. The van der Waals surface area contributed by atoms with Crippen molar-refractivity contribution in [1.82, 2.24) is 9.88 Å². The number of halogens is 1. The van der Waals surface area contributed by atoms with Gasteiger partial charge in [-0.1, -0.05) is 18.2 Å². The van der Waals surface area contributed by atoms with Crippen LogP contribution in [-0.2, 0) is 11.2 Å². The van der Waals surface area contributed by atoms with Gasteiger partial charge in [0.15, 0.2) is 0 Å². The fourth-order valence-corrected chi connectivity index (χ4v) is 2.90. The molecule has 0 saturated carbocycles. The molecule has 1 aliphatic heterocycles. The van der Waals surface area contributed by atoms with E-state index in [9.17, 15) is 4.79 Å². The van der Waals surface area contributed by atoms with Crippen molar-refractivity contribution in [3.63, 3.8) is 0 Å². The maximum Gasteiger partial charge on any atom is 0.222 e. The van der Waals surface area contributed by atoms with Crippen molar-refractivity contribution >= 4 is 28.4 Å². The number of aromatic nitrogens is 1. The predicted octanol–water partition coefficient (Wildman–Crippen LogP) is 2.86. The van der Waals surface area contributed by atoms with Crippen LogP contribution in [0.15, 0.2) is 36.5 Å². The SMILES string of the molecule is O=C1CC(CCl)CN1CCc1cnc2ccccc2c1. The summed E-state index contributed by atoms with van der Waals surface area (Å²) in [7, 11) is 0. The molecule has 1 saturated heterocycles. The molecular formula is C16H17ClN2O. The lowest BCUT2D eigenvalue weighted by Crippen LogP contribution is -2.27. The van der Waals surface area contributed by atoms with Gasteiger partial charge in [-0.25, -0.2) is 0 Å². The topological polar surface area (TPSA) is 33.2 Å². The first kappa shape index (κ1) is 13.4. The highest BCUT2D eigenvalue weighted by Gasteiger charge is 2.28. The molecule has 1 atom stereocenters. The summed E-state index contributed by atoms with van der Waals surface area (Å²) in [6.07, 6.45) is 3.35. The number of rotatable bonds is 4. The first-order chi connectivity index (χ1) is 9.76. The Hall–Kier alpha value is -1.61. The molecule has 0 bridgehead atoms. The van der Waals surface area contributed by atoms with Crippen molar-refractivity contribution in [2.24, 2.45) is 5.92 Å². The number of benzene rings is 1. The van der Waals surface area contributed by atoms with Crippen LogP contribution in [0.2, 0.25) is 0 Å². The molecule has 1 aliphatic rings. The molecule has 3 rings (SSSR count). The third-order valence-corrected chi connectivity index (χ3v) is 4.27. The van der Waals surface area contributed by atoms with Crippen molar-refractivity contribution < 1.29 is 4.79 Å². The van der Waals surface area contributed by atoms with E-state index in [-0.39, 0.29) is 5.91 Å². The Labute approximate surface area is 123 Å². The van der Waals surface area contributed by atoms with E-state index in [0.29, 0.717) is 18.2 Å². The Bertz CT molecular complexity index is 629. The number of amides is 1. The molecule has 1 aromatic carbocycles. The van der Waals surface area contributed by atoms with Crippen LogP contribution in [0.4, 0.5) is 0 Å². The minimum atomic E-state index is 0.226. The van der Waals surface area contributed by atoms with Gasteiger partial charge in [0.25, 0.3) is 0 Å². The lowest BCUT2D eigenvalue weighted by atomic mass is 10.1. The smallest absolute Gasteiger partial charge is 0.222 e. The number of fused-ring (bicyclic) bond motifs is 1. The maximum atomic E-state index is 11.8. The number of para-hydroxylation sites is 1. The van der Waals surface area contributed by atoms with Crippen molar-refractivity contribution in [2.75, 3.05) is 19.0 Å². The summed E-state index contributed by atoms with van der Waals surface area (Å²) in [5.41, 5.74) is 2.18. The molecule has 4 heteroatoms. The van der Waals surface area contributed by atoms with E-state index < -0.39 is 0 Å². The van der Waals surface area contributed by atoms with Gasteiger partial charge >= 0.3 is 0 Å². The van der Waals surface area contributed by atoms with E-state index in [1.165, 1.54) is 5.56 Å². The lowest BCUT2D eigenvalue weighted by molar-refractivity contribution is -0.127. The highest BCUT2D eigenvalue weighted by molar-refractivity contribution is 6.18. The Morgan fingerprint density at radius 3 is 3.00 bits per heavy atom. The zero-order valence-electron chi connectivity index (χ0n) is 11.3. The van der Waals surface area contributed by atoms with Crippen LogP contribution in [0.3, 0.4) is 0 Å². The van der Waals surface area contributed by atoms with Crippen LogP contribution in [0.25, 0.3) is 10.9 Å². The largest absolute Gasteiger partial charge is 0.342 e. The van der Waals surface area contributed by atoms with Crippen molar-refractivity contribution in [1.29, 1.82) is 0 Å². The number of carbonyl (C=O) groups excluding carboxylic acids is 1. The van der Waals surface area contributed by atoms with Gasteiger partial charge < -0.3 is 4.90 Å². The number of likely N-dealkylation sites (tertiary alicyclic amines) is 1. The van der Waals surface area contributed by atoms with Crippen LogP contribution in [0, 0.1) is 5.92 Å². The van der Waals surface area contributed by atoms with Gasteiger partial charge in [0.05, 0.1) is 5.52 Å². The molecule has 0 radical (unpaired) electrons. The van der Waals surface area contributed by atoms with Crippen molar-refractivity contribution in [2.45, 2.75) is 12.8 Å². The third-order valence-electron chi connectivity index (χ3n) is 3.83. The summed E-state index contributed by atoms with van der Waals surface area (Å²) < 4.78 is 0. The van der Waals surface area contributed by atoms with Crippen LogP contribution in [0.1, 0.15) is 12.0 Å². The van der Waals surface area contributed by atoms with Crippen LogP contribution < -0.4 is 0 Å². The Kier molecular flexibility index (Phi) is 3.88. The predicted molar refractivity (Wildman–Crippen MR) is 80.9 cm³/mol. The molecule has 1 aromatic heterocycles. The number of nitrogens with zero attached hydrogens (tertiary/aromatic N) is 2. The first-order valence-corrected chi connectivity index (χ1v) is 7.47. The molecule has 0 N–H and O–H groups in total. The summed E-state index contributed by atoms with van der Waals surface area (Å²) in [6, 6.07) is 10.2. The van der Waals surface area contributed by atoms with Gasteiger partial charge in [-0.15, -0.1) is 11.6 Å². The van der Waals surface area contributed by atoms with E-state index in [2.05, 4.69) is 17.1 Å². The fraction of sp³-hybridized carbons (Fsp3) is 0.375. The molecule has 0 spiro atoms. The summed E-state index contributed by atoms with van der Waals surface area (Å²) >= 11 is 5.83. The monoisotopic (exact) mass is 288 g/mol. The summed E-state index contributed by atoms with van der Waals surface area (Å²) in [5.74, 6) is 1.11. The van der Waals surface area contributed by atoms with Crippen LogP contribution in [-0.4, -0.2) is 34.8 Å². The number of hydrogen-bond donors (Lipinski definition) is 0. The molecule has 1 unspecified atom stereocenters. The molecule has 2 heterocycles. The third kappa shape index (κ3) is 2.78. The average Bonchev–Trinajstić information content (AvgIpc) is 2.85. The van der Waals surface area contributed by atoms with E-state index in [4.69, 9.17) is 11.6 Å². The fourth-order valence-electron chi connectivity index (χ4n) is 2.69.